The molecule has 0 amide bonds. The fraction of sp³-hybridized carbons (Fsp3) is 0.700. The van der Waals surface area contributed by atoms with Crippen molar-refractivity contribution >= 4 is 22.6 Å². The monoisotopic (exact) mass is 241 g/mol. The number of carboxylic acids is 1. The largest absolute Gasteiger partial charge is 0.481 e. The first-order valence-corrected chi connectivity index (χ1v) is 6.28. The SMILES string of the molecule is O=C(O)C1CCCCC1CNc1ncns1. The third-order valence-corrected chi connectivity index (χ3v) is 3.73. The van der Waals surface area contributed by atoms with Crippen LogP contribution in [0.1, 0.15) is 25.7 Å². The van der Waals surface area contributed by atoms with Gasteiger partial charge in [0.25, 0.3) is 0 Å². The third kappa shape index (κ3) is 2.69. The van der Waals surface area contributed by atoms with E-state index < -0.39 is 5.97 Å². The molecule has 0 radical (unpaired) electrons. The number of nitrogens with zero attached hydrogens (tertiary/aromatic N) is 2. The molecule has 1 aliphatic carbocycles. The fourth-order valence-corrected chi connectivity index (χ4v) is 2.68. The Bertz CT molecular complexity index is 342. The minimum absolute atomic E-state index is 0.200. The van der Waals surface area contributed by atoms with Crippen LogP contribution in [0.5, 0.6) is 0 Å². The Morgan fingerprint density at radius 1 is 1.56 bits per heavy atom. The van der Waals surface area contributed by atoms with Crippen molar-refractivity contribution < 1.29 is 9.90 Å². The van der Waals surface area contributed by atoms with Gasteiger partial charge in [0.05, 0.1) is 5.92 Å². The van der Waals surface area contributed by atoms with E-state index >= 15 is 0 Å². The van der Waals surface area contributed by atoms with Crippen molar-refractivity contribution in [2.75, 3.05) is 11.9 Å². The second kappa shape index (κ2) is 5.25. The average molecular weight is 241 g/mol. The predicted octanol–water partition coefficient (Wildman–Crippen LogP) is 1.84. The summed E-state index contributed by atoms with van der Waals surface area (Å²) >= 11 is 1.30. The van der Waals surface area contributed by atoms with E-state index in [1.54, 1.807) is 0 Å². The normalized spacial score (nSPS) is 25.2. The van der Waals surface area contributed by atoms with Crippen molar-refractivity contribution in [3.63, 3.8) is 0 Å². The number of hydrogen-bond donors (Lipinski definition) is 2. The van der Waals surface area contributed by atoms with Crippen molar-refractivity contribution in [1.29, 1.82) is 0 Å². The molecule has 1 aromatic rings. The van der Waals surface area contributed by atoms with Gasteiger partial charge in [-0.05, 0) is 18.8 Å². The summed E-state index contributed by atoms with van der Waals surface area (Å²) in [6.07, 6.45) is 5.46. The number of carbonyl (C=O) groups is 1. The third-order valence-electron chi connectivity index (χ3n) is 3.10. The molecule has 6 heteroatoms. The van der Waals surface area contributed by atoms with E-state index in [-0.39, 0.29) is 11.8 Å². The molecule has 1 aromatic heterocycles. The van der Waals surface area contributed by atoms with E-state index in [9.17, 15) is 4.79 Å². The van der Waals surface area contributed by atoms with Crippen molar-refractivity contribution in [3.8, 4) is 0 Å². The van der Waals surface area contributed by atoms with Gasteiger partial charge in [0.2, 0.25) is 5.13 Å². The summed E-state index contributed by atoms with van der Waals surface area (Å²) in [6.45, 7) is 0.687. The molecule has 0 spiro atoms. The second-order valence-electron chi connectivity index (χ2n) is 4.12. The zero-order valence-corrected chi connectivity index (χ0v) is 9.74. The van der Waals surface area contributed by atoms with Crippen molar-refractivity contribution in [2.24, 2.45) is 11.8 Å². The Labute approximate surface area is 98.1 Å². The minimum Gasteiger partial charge on any atom is -0.481 e. The summed E-state index contributed by atoms with van der Waals surface area (Å²) in [5.41, 5.74) is 0. The van der Waals surface area contributed by atoms with E-state index in [0.717, 1.165) is 30.8 Å². The van der Waals surface area contributed by atoms with Crippen molar-refractivity contribution in [3.05, 3.63) is 6.33 Å². The Hall–Kier alpha value is -1.17. The van der Waals surface area contributed by atoms with E-state index in [1.807, 2.05) is 0 Å². The number of rotatable bonds is 4. The number of anilines is 1. The summed E-state index contributed by atoms with van der Waals surface area (Å²) in [7, 11) is 0. The minimum atomic E-state index is -0.663. The Morgan fingerprint density at radius 3 is 3.06 bits per heavy atom. The topological polar surface area (TPSA) is 75.1 Å². The number of carboxylic acid groups (broad SMARTS) is 1. The first-order chi connectivity index (χ1) is 7.77. The summed E-state index contributed by atoms with van der Waals surface area (Å²) in [5, 5.41) is 13.0. The Morgan fingerprint density at radius 2 is 2.38 bits per heavy atom. The van der Waals surface area contributed by atoms with E-state index in [4.69, 9.17) is 5.11 Å². The highest BCUT2D eigenvalue weighted by Crippen LogP contribution is 2.30. The quantitative estimate of drug-likeness (QED) is 0.841. The number of hydrogen-bond acceptors (Lipinski definition) is 5. The maximum atomic E-state index is 11.1. The first kappa shape index (κ1) is 11.3. The Balaban J connectivity index is 1.89. The molecule has 0 aromatic carbocycles. The van der Waals surface area contributed by atoms with Crippen LogP contribution in [0.4, 0.5) is 5.13 Å². The van der Waals surface area contributed by atoms with Crippen LogP contribution in [0.15, 0.2) is 6.33 Å². The maximum Gasteiger partial charge on any atom is 0.306 e. The molecule has 1 saturated carbocycles. The molecule has 0 aliphatic heterocycles. The average Bonchev–Trinajstić information content (AvgIpc) is 2.79. The zero-order valence-electron chi connectivity index (χ0n) is 8.93. The van der Waals surface area contributed by atoms with Gasteiger partial charge in [0.1, 0.15) is 6.33 Å². The molecule has 1 fully saturated rings. The van der Waals surface area contributed by atoms with E-state index in [0.29, 0.717) is 6.54 Å². The highest BCUT2D eigenvalue weighted by Gasteiger charge is 2.30. The molecular formula is C10H15N3O2S. The van der Waals surface area contributed by atoms with Crippen molar-refractivity contribution in [1.82, 2.24) is 9.36 Å². The maximum absolute atomic E-state index is 11.1. The van der Waals surface area contributed by atoms with Gasteiger partial charge in [0.15, 0.2) is 0 Å². The fourth-order valence-electron chi connectivity index (χ4n) is 2.25. The second-order valence-corrected chi connectivity index (χ2v) is 4.90. The van der Waals surface area contributed by atoms with Crippen LogP contribution >= 0.6 is 11.5 Å². The number of nitrogens with one attached hydrogen (secondary N) is 1. The molecule has 5 nitrogen and oxygen atoms in total. The molecule has 88 valence electrons. The smallest absolute Gasteiger partial charge is 0.306 e. The van der Waals surface area contributed by atoms with E-state index in [1.165, 1.54) is 17.9 Å². The lowest BCUT2D eigenvalue weighted by molar-refractivity contribution is -0.144. The lowest BCUT2D eigenvalue weighted by atomic mass is 9.79. The molecule has 1 heterocycles. The van der Waals surface area contributed by atoms with Crippen LogP contribution in [-0.4, -0.2) is 27.0 Å². The van der Waals surface area contributed by atoms with Crippen LogP contribution in [0.2, 0.25) is 0 Å². The van der Waals surface area contributed by atoms with Gasteiger partial charge in [-0.15, -0.1) is 0 Å². The van der Waals surface area contributed by atoms with Gasteiger partial charge in [-0.1, -0.05) is 12.8 Å². The molecule has 2 rings (SSSR count). The van der Waals surface area contributed by atoms with Gasteiger partial charge in [-0.3, -0.25) is 4.79 Å². The van der Waals surface area contributed by atoms with Gasteiger partial charge in [0, 0.05) is 18.1 Å². The molecule has 16 heavy (non-hydrogen) atoms. The zero-order chi connectivity index (χ0) is 11.4. The first-order valence-electron chi connectivity index (χ1n) is 5.50. The number of aromatic nitrogens is 2. The van der Waals surface area contributed by atoms with Crippen LogP contribution < -0.4 is 5.32 Å². The van der Waals surface area contributed by atoms with Crippen LogP contribution in [0.25, 0.3) is 0 Å². The highest BCUT2D eigenvalue weighted by atomic mass is 32.1. The van der Waals surface area contributed by atoms with Gasteiger partial charge in [-0.2, -0.15) is 4.37 Å². The number of aliphatic carboxylic acids is 1. The van der Waals surface area contributed by atoms with Gasteiger partial charge in [-0.25, -0.2) is 4.98 Å². The molecule has 2 N–H and O–H groups in total. The van der Waals surface area contributed by atoms with Crippen LogP contribution in [0, 0.1) is 11.8 Å². The van der Waals surface area contributed by atoms with Gasteiger partial charge >= 0.3 is 5.97 Å². The standard InChI is InChI=1S/C10H15N3O2S/c14-9(15)8-4-2-1-3-7(8)5-11-10-12-6-13-16-10/h6-8H,1-5H2,(H,14,15)(H,11,12,13). The summed E-state index contributed by atoms with van der Waals surface area (Å²) in [4.78, 5) is 15.1. The molecule has 2 atom stereocenters. The lowest BCUT2D eigenvalue weighted by Gasteiger charge is -2.28. The summed E-state index contributed by atoms with van der Waals surface area (Å²) in [5.74, 6) is -0.645. The molecule has 1 aliphatic rings. The summed E-state index contributed by atoms with van der Waals surface area (Å²) < 4.78 is 3.89. The molecule has 0 bridgehead atoms. The van der Waals surface area contributed by atoms with Crippen LogP contribution in [0.3, 0.4) is 0 Å². The molecule has 2 unspecified atom stereocenters. The Kier molecular flexibility index (Phi) is 3.71. The van der Waals surface area contributed by atoms with E-state index in [2.05, 4.69) is 14.7 Å². The molecule has 0 saturated heterocycles. The highest BCUT2D eigenvalue weighted by molar-refractivity contribution is 7.09. The summed E-state index contributed by atoms with van der Waals surface area (Å²) in [6, 6.07) is 0. The lowest BCUT2D eigenvalue weighted by Crippen LogP contribution is -2.31. The van der Waals surface area contributed by atoms with Crippen molar-refractivity contribution in [2.45, 2.75) is 25.7 Å². The van der Waals surface area contributed by atoms with Crippen LogP contribution in [-0.2, 0) is 4.79 Å². The van der Waals surface area contributed by atoms with Gasteiger partial charge < -0.3 is 10.4 Å². The predicted molar refractivity (Wildman–Crippen MR) is 61.5 cm³/mol. The molecular weight excluding hydrogens is 226 g/mol.